The Morgan fingerprint density at radius 1 is 1.07 bits per heavy atom. The zero-order valence-electron chi connectivity index (χ0n) is 15.8. The van der Waals surface area contributed by atoms with E-state index < -0.39 is 0 Å². The van der Waals surface area contributed by atoms with Crippen molar-refractivity contribution in [1.29, 1.82) is 0 Å². The molecule has 0 N–H and O–H groups in total. The number of rotatable bonds is 3. The standard InChI is InChI=1S/C19H23N7O/c1-14-12-17(26-19(22-14)20-13-21-26)24-8-10-25(11-9-24)18(27)15-4-6-16(7-5-15)23(2)3/h4-7,12-13H,8-11H2,1-3H3. The van der Waals surface area contributed by atoms with Crippen LogP contribution in [0.2, 0.25) is 0 Å². The lowest BCUT2D eigenvalue weighted by molar-refractivity contribution is 0.0746. The van der Waals surface area contributed by atoms with Gasteiger partial charge in [0, 0.05) is 63.3 Å². The number of aromatic nitrogens is 4. The maximum atomic E-state index is 12.8. The highest BCUT2D eigenvalue weighted by Gasteiger charge is 2.24. The molecule has 1 aliphatic rings. The fraction of sp³-hybridized carbons (Fsp3) is 0.368. The van der Waals surface area contributed by atoms with Crippen LogP contribution < -0.4 is 9.80 Å². The van der Waals surface area contributed by atoms with Gasteiger partial charge in [0.05, 0.1) is 0 Å². The summed E-state index contributed by atoms with van der Waals surface area (Å²) in [6, 6.07) is 9.76. The molecule has 1 fully saturated rings. The number of aryl methyl sites for hydroxylation is 1. The van der Waals surface area contributed by atoms with E-state index in [9.17, 15) is 4.79 Å². The fourth-order valence-electron chi connectivity index (χ4n) is 3.36. The van der Waals surface area contributed by atoms with E-state index >= 15 is 0 Å². The van der Waals surface area contributed by atoms with Crippen molar-refractivity contribution in [3.8, 4) is 0 Å². The molecule has 4 rings (SSSR count). The molecule has 1 amide bonds. The second-order valence-electron chi connectivity index (χ2n) is 6.95. The third kappa shape index (κ3) is 3.30. The molecule has 0 aliphatic carbocycles. The van der Waals surface area contributed by atoms with Crippen molar-refractivity contribution in [2.24, 2.45) is 0 Å². The molecule has 27 heavy (non-hydrogen) atoms. The Kier molecular flexibility index (Phi) is 4.39. The van der Waals surface area contributed by atoms with Gasteiger partial charge in [0.2, 0.25) is 0 Å². The number of hydrogen-bond donors (Lipinski definition) is 0. The van der Waals surface area contributed by atoms with Gasteiger partial charge in [-0.05, 0) is 31.2 Å². The van der Waals surface area contributed by atoms with Crippen molar-refractivity contribution in [1.82, 2.24) is 24.5 Å². The number of piperazine rings is 1. The summed E-state index contributed by atoms with van der Waals surface area (Å²) in [7, 11) is 3.98. The first-order valence-corrected chi connectivity index (χ1v) is 9.02. The minimum atomic E-state index is 0.0803. The van der Waals surface area contributed by atoms with Gasteiger partial charge in [-0.2, -0.15) is 14.6 Å². The van der Waals surface area contributed by atoms with Gasteiger partial charge in [-0.3, -0.25) is 4.79 Å². The van der Waals surface area contributed by atoms with E-state index in [-0.39, 0.29) is 5.91 Å². The number of carbonyl (C=O) groups excluding carboxylic acids is 1. The van der Waals surface area contributed by atoms with Crippen LogP contribution in [0.3, 0.4) is 0 Å². The monoisotopic (exact) mass is 365 g/mol. The van der Waals surface area contributed by atoms with Crippen molar-refractivity contribution < 1.29 is 4.79 Å². The lowest BCUT2D eigenvalue weighted by Gasteiger charge is -2.36. The smallest absolute Gasteiger partial charge is 0.254 e. The average Bonchev–Trinajstić information content (AvgIpc) is 3.15. The van der Waals surface area contributed by atoms with E-state index in [2.05, 4.69) is 20.0 Å². The summed E-state index contributed by atoms with van der Waals surface area (Å²) >= 11 is 0. The van der Waals surface area contributed by atoms with Crippen molar-refractivity contribution in [2.45, 2.75) is 6.92 Å². The molecular weight excluding hydrogens is 342 g/mol. The molecule has 1 saturated heterocycles. The molecule has 8 nitrogen and oxygen atoms in total. The summed E-state index contributed by atoms with van der Waals surface area (Å²) in [5.74, 6) is 1.65. The van der Waals surface area contributed by atoms with Gasteiger partial charge in [-0.1, -0.05) is 0 Å². The quantitative estimate of drug-likeness (QED) is 0.700. The number of hydrogen-bond acceptors (Lipinski definition) is 6. The SMILES string of the molecule is Cc1cc(N2CCN(C(=O)c3ccc(N(C)C)cc3)CC2)n2ncnc2n1. The number of anilines is 2. The molecule has 8 heteroatoms. The largest absolute Gasteiger partial charge is 0.378 e. The fourth-order valence-corrected chi connectivity index (χ4v) is 3.36. The number of amides is 1. The zero-order valence-corrected chi connectivity index (χ0v) is 15.8. The van der Waals surface area contributed by atoms with Gasteiger partial charge in [0.25, 0.3) is 11.7 Å². The van der Waals surface area contributed by atoms with Crippen LogP contribution in [0.4, 0.5) is 11.5 Å². The number of nitrogens with zero attached hydrogens (tertiary/aromatic N) is 7. The highest BCUT2D eigenvalue weighted by molar-refractivity contribution is 5.94. The first-order valence-electron chi connectivity index (χ1n) is 9.02. The molecule has 1 aliphatic heterocycles. The molecule has 140 valence electrons. The van der Waals surface area contributed by atoms with Crippen LogP contribution in [0.15, 0.2) is 36.7 Å². The van der Waals surface area contributed by atoms with Crippen LogP contribution in [0.5, 0.6) is 0 Å². The highest BCUT2D eigenvalue weighted by atomic mass is 16.2. The third-order valence-electron chi connectivity index (χ3n) is 4.88. The minimum absolute atomic E-state index is 0.0803. The second-order valence-corrected chi connectivity index (χ2v) is 6.95. The first kappa shape index (κ1) is 17.3. The maximum absolute atomic E-state index is 12.8. The summed E-state index contributed by atoms with van der Waals surface area (Å²) in [6.07, 6.45) is 1.52. The van der Waals surface area contributed by atoms with Crippen LogP contribution in [-0.4, -0.2) is 70.7 Å². The summed E-state index contributed by atoms with van der Waals surface area (Å²) in [4.78, 5) is 27.5. The molecule has 2 aromatic heterocycles. The van der Waals surface area contributed by atoms with Gasteiger partial charge in [-0.25, -0.2) is 4.98 Å². The molecule has 3 aromatic rings. The lowest BCUT2D eigenvalue weighted by atomic mass is 10.1. The van der Waals surface area contributed by atoms with Crippen LogP contribution in [0, 0.1) is 6.92 Å². The molecule has 0 spiro atoms. The van der Waals surface area contributed by atoms with Gasteiger partial charge < -0.3 is 14.7 Å². The van der Waals surface area contributed by atoms with Gasteiger partial charge >= 0.3 is 0 Å². The topological polar surface area (TPSA) is 69.9 Å². The maximum Gasteiger partial charge on any atom is 0.254 e. The molecule has 0 radical (unpaired) electrons. The first-order chi connectivity index (χ1) is 13.0. The van der Waals surface area contributed by atoms with Gasteiger partial charge in [0.15, 0.2) is 0 Å². The number of fused-ring (bicyclic) bond motifs is 1. The van der Waals surface area contributed by atoms with E-state index in [1.54, 1.807) is 4.52 Å². The molecule has 0 atom stereocenters. The molecule has 0 saturated carbocycles. The predicted octanol–water partition coefficient (Wildman–Crippen LogP) is 1.46. The Hall–Kier alpha value is -3.16. The Morgan fingerprint density at radius 2 is 1.78 bits per heavy atom. The Balaban J connectivity index is 1.47. The summed E-state index contributed by atoms with van der Waals surface area (Å²) in [6.45, 7) is 4.80. The van der Waals surface area contributed by atoms with Crippen molar-refractivity contribution >= 4 is 23.2 Å². The minimum Gasteiger partial charge on any atom is -0.378 e. The normalized spacial score (nSPS) is 14.6. The van der Waals surface area contributed by atoms with Crippen LogP contribution >= 0.6 is 0 Å². The van der Waals surface area contributed by atoms with Crippen molar-refractivity contribution in [3.63, 3.8) is 0 Å². The molecule has 0 bridgehead atoms. The van der Waals surface area contributed by atoms with Crippen LogP contribution in [0.25, 0.3) is 5.78 Å². The third-order valence-corrected chi connectivity index (χ3v) is 4.88. The van der Waals surface area contributed by atoms with Crippen molar-refractivity contribution in [3.05, 3.63) is 47.9 Å². The summed E-state index contributed by atoms with van der Waals surface area (Å²) in [5, 5.41) is 4.28. The number of carbonyl (C=O) groups is 1. The molecule has 0 unspecified atom stereocenters. The average molecular weight is 365 g/mol. The molecule has 3 heterocycles. The lowest BCUT2D eigenvalue weighted by Crippen LogP contribution is -2.49. The predicted molar refractivity (Wildman–Crippen MR) is 104 cm³/mol. The second kappa shape index (κ2) is 6.86. The Morgan fingerprint density at radius 3 is 2.44 bits per heavy atom. The summed E-state index contributed by atoms with van der Waals surface area (Å²) < 4.78 is 1.75. The number of benzene rings is 1. The van der Waals surface area contributed by atoms with E-state index in [0.717, 1.165) is 35.9 Å². The van der Waals surface area contributed by atoms with E-state index in [1.807, 2.05) is 61.2 Å². The van der Waals surface area contributed by atoms with Gasteiger partial charge in [0.1, 0.15) is 12.1 Å². The highest BCUT2D eigenvalue weighted by Crippen LogP contribution is 2.19. The van der Waals surface area contributed by atoms with Crippen molar-refractivity contribution in [2.75, 3.05) is 50.1 Å². The Bertz CT molecular complexity index is 956. The van der Waals surface area contributed by atoms with E-state index in [4.69, 9.17) is 0 Å². The van der Waals surface area contributed by atoms with Gasteiger partial charge in [-0.15, -0.1) is 0 Å². The zero-order chi connectivity index (χ0) is 19.0. The summed E-state index contributed by atoms with van der Waals surface area (Å²) in [5.41, 5.74) is 2.72. The molecule has 1 aromatic carbocycles. The molecular formula is C19H23N7O. The Labute approximate surface area is 158 Å². The van der Waals surface area contributed by atoms with E-state index in [0.29, 0.717) is 18.9 Å². The van der Waals surface area contributed by atoms with Crippen LogP contribution in [0.1, 0.15) is 16.1 Å². The van der Waals surface area contributed by atoms with E-state index in [1.165, 1.54) is 6.33 Å². The van der Waals surface area contributed by atoms with Crippen LogP contribution in [-0.2, 0) is 0 Å².